The summed E-state index contributed by atoms with van der Waals surface area (Å²) in [4.78, 5) is 11.7. The summed E-state index contributed by atoms with van der Waals surface area (Å²) in [6.07, 6.45) is 1.41. The van der Waals surface area contributed by atoms with Crippen molar-refractivity contribution >= 4 is 11.6 Å². The number of hydrogen-bond acceptors (Lipinski definition) is 2. The highest BCUT2D eigenvalue weighted by Crippen LogP contribution is 2.08. The van der Waals surface area contributed by atoms with E-state index in [1.165, 1.54) is 10.9 Å². The molecule has 0 unspecified atom stereocenters. The zero-order chi connectivity index (χ0) is 12.3. The summed E-state index contributed by atoms with van der Waals surface area (Å²) < 4.78 is 1.21. The van der Waals surface area contributed by atoms with Crippen LogP contribution in [0.4, 0.5) is 0 Å². The number of rotatable bonds is 0. The van der Waals surface area contributed by atoms with E-state index < -0.39 is 0 Å². The summed E-state index contributed by atoms with van der Waals surface area (Å²) in [7, 11) is 1.56. The predicted octanol–water partition coefficient (Wildman–Crippen LogP) is 1.83. The van der Waals surface area contributed by atoms with E-state index in [-0.39, 0.29) is 16.1 Å². The second-order valence-electron chi connectivity index (χ2n) is 3.41. The molecular formula is C13H9ClN2O. The van der Waals surface area contributed by atoms with E-state index in [2.05, 4.69) is 16.9 Å². The Morgan fingerprint density at radius 3 is 2.65 bits per heavy atom. The molecule has 0 radical (unpaired) electrons. The smallest absolute Gasteiger partial charge is 0.266 e. The van der Waals surface area contributed by atoms with Crippen LogP contribution in [0, 0.1) is 11.8 Å². The lowest BCUT2D eigenvalue weighted by molar-refractivity contribution is 0.705. The minimum atomic E-state index is -0.291. The Bertz CT molecular complexity index is 651. The maximum Gasteiger partial charge on any atom is 0.283 e. The summed E-state index contributed by atoms with van der Waals surface area (Å²) in [6, 6.07) is 9.41. The maximum absolute atomic E-state index is 11.7. The lowest BCUT2D eigenvalue weighted by Gasteiger charge is -1.97. The molecule has 0 saturated carbocycles. The monoisotopic (exact) mass is 244 g/mol. The van der Waals surface area contributed by atoms with Crippen molar-refractivity contribution < 1.29 is 0 Å². The van der Waals surface area contributed by atoms with E-state index in [4.69, 9.17) is 11.6 Å². The lowest BCUT2D eigenvalue weighted by Crippen LogP contribution is -2.22. The number of halogens is 1. The number of aryl methyl sites for hydroxylation is 1. The van der Waals surface area contributed by atoms with Crippen LogP contribution in [0.3, 0.4) is 0 Å². The second-order valence-corrected chi connectivity index (χ2v) is 3.82. The Hall–Kier alpha value is -2.05. The molecule has 0 atom stereocenters. The molecule has 0 aliphatic carbocycles. The van der Waals surface area contributed by atoms with Gasteiger partial charge in [-0.1, -0.05) is 41.6 Å². The third kappa shape index (κ3) is 2.55. The number of benzene rings is 1. The highest BCUT2D eigenvalue weighted by atomic mass is 35.5. The van der Waals surface area contributed by atoms with Crippen LogP contribution in [0.5, 0.6) is 0 Å². The van der Waals surface area contributed by atoms with Gasteiger partial charge in [-0.3, -0.25) is 4.79 Å². The van der Waals surface area contributed by atoms with E-state index >= 15 is 0 Å². The average molecular weight is 245 g/mol. The third-order valence-electron chi connectivity index (χ3n) is 2.20. The van der Waals surface area contributed by atoms with Crippen molar-refractivity contribution in [1.29, 1.82) is 0 Å². The Kier molecular flexibility index (Phi) is 3.27. The fraction of sp³-hybridized carbons (Fsp3) is 0.0769. The molecule has 3 nitrogen and oxygen atoms in total. The average Bonchev–Trinajstić information content (AvgIpc) is 2.35. The largest absolute Gasteiger partial charge is 0.283 e. The summed E-state index contributed by atoms with van der Waals surface area (Å²) in [6.45, 7) is 0. The van der Waals surface area contributed by atoms with Crippen LogP contribution in [-0.4, -0.2) is 9.78 Å². The Morgan fingerprint density at radius 2 is 1.94 bits per heavy atom. The van der Waals surface area contributed by atoms with Crippen molar-refractivity contribution in [3.05, 3.63) is 63.0 Å². The van der Waals surface area contributed by atoms with Gasteiger partial charge in [-0.05, 0) is 12.1 Å². The third-order valence-corrected chi connectivity index (χ3v) is 2.48. The van der Waals surface area contributed by atoms with Crippen LogP contribution in [0.2, 0.25) is 5.02 Å². The first-order chi connectivity index (χ1) is 8.18. The van der Waals surface area contributed by atoms with Crippen LogP contribution in [-0.2, 0) is 7.05 Å². The van der Waals surface area contributed by atoms with Crippen LogP contribution >= 0.6 is 11.6 Å². The van der Waals surface area contributed by atoms with Crippen molar-refractivity contribution in [1.82, 2.24) is 9.78 Å². The SMILES string of the molecule is Cn1ncc(Cl)c(C#Cc2ccccc2)c1=O. The van der Waals surface area contributed by atoms with E-state index in [1.54, 1.807) is 7.05 Å². The Balaban J connectivity index is 2.48. The van der Waals surface area contributed by atoms with E-state index in [0.29, 0.717) is 0 Å². The molecule has 0 saturated heterocycles. The summed E-state index contributed by atoms with van der Waals surface area (Å²) in [5.74, 6) is 5.68. The summed E-state index contributed by atoms with van der Waals surface area (Å²) in [5, 5.41) is 4.07. The first-order valence-electron chi connectivity index (χ1n) is 4.97. The van der Waals surface area contributed by atoms with E-state index in [1.807, 2.05) is 30.3 Å². The molecule has 1 aromatic carbocycles. The zero-order valence-corrected chi connectivity index (χ0v) is 9.90. The molecule has 17 heavy (non-hydrogen) atoms. The molecule has 2 rings (SSSR count). The molecule has 4 heteroatoms. The molecule has 2 aromatic rings. The van der Waals surface area contributed by atoms with E-state index in [9.17, 15) is 4.79 Å². The molecule has 0 N–H and O–H groups in total. The van der Waals surface area contributed by atoms with Crippen molar-refractivity contribution in [3.8, 4) is 11.8 Å². The van der Waals surface area contributed by atoms with Gasteiger partial charge in [0.2, 0.25) is 0 Å². The van der Waals surface area contributed by atoms with Crippen LogP contribution in [0.15, 0.2) is 41.3 Å². The summed E-state index contributed by atoms with van der Waals surface area (Å²) >= 11 is 5.89. The quantitative estimate of drug-likeness (QED) is 0.663. The minimum Gasteiger partial charge on any atom is -0.266 e. The molecule has 0 spiro atoms. The number of hydrogen-bond donors (Lipinski definition) is 0. The van der Waals surface area contributed by atoms with Gasteiger partial charge >= 0.3 is 0 Å². The van der Waals surface area contributed by atoms with Crippen LogP contribution < -0.4 is 5.56 Å². The standard InChI is InChI=1S/C13H9ClN2O/c1-16-13(17)11(12(14)9-15-16)8-7-10-5-3-2-4-6-10/h2-6,9H,1H3. The molecule has 1 aromatic heterocycles. The zero-order valence-electron chi connectivity index (χ0n) is 9.14. The van der Waals surface area contributed by atoms with Gasteiger partial charge in [-0.2, -0.15) is 5.10 Å². The maximum atomic E-state index is 11.7. The topological polar surface area (TPSA) is 34.9 Å². The first kappa shape index (κ1) is 11.4. The fourth-order valence-corrected chi connectivity index (χ4v) is 1.46. The highest BCUT2D eigenvalue weighted by Gasteiger charge is 2.04. The molecule has 0 fully saturated rings. The molecular weight excluding hydrogens is 236 g/mol. The van der Waals surface area contributed by atoms with Gasteiger partial charge in [-0.25, -0.2) is 4.68 Å². The normalized spacial score (nSPS) is 9.53. The Labute approximate surface area is 104 Å². The fourth-order valence-electron chi connectivity index (χ4n) is 1.29. The van der Waals surface area contributed by atoms with Crippen molar-refractivity contribution in [2.24, 2.45) is 7.05 Å². The lowest BCUT2D eigenvalue weighted by atomic mass is 10.2. The van der Waals surface area contributed by atoms with Crippen molar-refractivity contribution in [2.75, 3.05) is 0 Å². The minimum absolute atomic E-state index is 0.271. The van der Waals surface area contributed by atoms with E-state index in [0.717, 1.165) is 5.56 Å². The molecule has 1 heterocycles. The van der Waals surface area contributed by atoms with Gasteiger partial charge in [0.15, 0.2) is 0 Å². The van der Waals surface area contributed by atoms with Crippen molar-refractivity contribution in [2.45, 2.75) is 0 Å². The van der Waals surface area contributed by atoms with Gasteiger partial charge in [-0.15, -0.1) is 0 Å². The summed E-state index contributed by atoms with van der Waals surface area (Å²) in [5.41, 5.74) is 0.816. The van der Waals surface area contributed by atoms with Gasteiger partial charge in [0.25, 0.3) is 5.56 Å². The number of nitrogens with zero attached hydrogens (tertiary/aromatic N) is 2. The highest BCUT2D eigenvalue weighted by molar-refractivity contribution is 6.31. The molecule has 0 bridgehead atoms. The predicted molar refractivity (Wildman–Crippen MR) is 66.9 cm³/mol. The van der Waals surface area contributed by atoms with Crippen LogP contribution in [0.1, 0.15) is 11.1 Å². The second kappa shape index (κ2) is 4.86. The Morgan fingerprint density at radius 1 is 1.24 bits per heavy atom. The molecule has 0 amide bonds. The van der Waals surface area contributed by atoms with Crippen molar-refractivity contribution in [3.63, 3.8) is 0 Å². The number of aromatic nitrogens is 2. The molecule has 84 valence electrons. The molecule has 0 aliphatic rings. The first-order valence-corrected chi connectivity index (χ1v) is 5.35. The van der Waals surface area contributed by atoms with Gasteiger partial charge in [0.05, 0.1) is 11.2 Å². The van der Waals surface area contributed by atoms with Crippen LogP contribution in [0.25, 0.3) is 0 Å². The molecule has 0 aliphatic heterocycles. The van der Waals surface area contributed by atoms with Gasteiger partial charge < -0.3 is 0 Å². The van der Waals surface area contributed by atoms with Gasteiger partial charge in [0.1, 0.15) is 5.56 Å². The van der Waals surface area contributed by atoms with Gasteiger partial charge in [0, 0.05) is 12.6 Å².